The van der Waals surface area contributed by atoms with Crippen molar-refractivity contribution in [1.82, 2.24) is 15.3 Å². The molecule has 6 heteroatoms. The van der Waals surface area contributed by atoms with Crippen LogP contribution in [0.15, 0.2) is 26.8 Å². The highest BCUT2D eigenvalue weighted by Gasteiger charge is 2.20. The lowest BCUT2D eigenvalue weighted by Crippen LogP contribution is -2.19. The first kappa shape index (κ1) is 12.1. The fourth-order valence-corrected chi connectivity index (χ4v) is 3.06. The van der Waals surface area contributed by atoms with E-state index in [2.05, 4.69) is 31.2 Å². The highest BCUT2D eigenvalue weighted by molar-refractivity contribution is 9.10. The molecule has 1 aliphatic carbocycles. The molecule has 1 saturated carbocycles. The van der Waals surface area contributed by atoms with Gasteiger partial charge in [-0.3, -0.25) is 4.79 Å². The molecule has 0 atom stereocenters. The topological polar surface area (TPSA) is 57.8 Å². The lowest BCUT2D eigenvalue weighted by Gasteiger charge is -2.03. The summed E-state index contributed by atoms with van der Waals surface area (Å²) in [7, 11) is 0. The average molecular weight is 326 g/mol. The Morgan fingerprint density at radius 3 is 3.00 bits per heavy atom. The molecule has 2 N–H and O–H groups in total. The molecular weight excluding hydrogens is 314 g/mol. The van der Waals surface area contributed by atoms with Crippen LogP contribution in [0.1, 0.15) is 18.5 Å². The first-order valence-electron chi connectivity index (χ1n) is 5.79. The number of nitrogens with one attached hydrogen (secondary N) is 2. The van der Waals surface area contributed by atoms with E-state index >= 15 is 0 Å². The van der Waals surface area contributed by atoms with Crippen LogP contribution in [0, 0.1) is 0 Å². The maximum absolute atomic E-state index is 11.6. The molecule has 2 aromatic rings. The molecule has 4 nitrogen and oxygen atoms in total. The molecule has 0 aliphatic heterocycles. The minimum atomic E-state index is -0.0999. The zero-order chi connectivity index (χ0) is 12.5. The van der Waals surface area contributed by atoms with Crippen LogP contribution < -0.4 is 10.9 Å². The van der Waals surface area contributed by atoms with E-state index in [4.69, 9.17) is 0 Å². The molecule has 0 radical (unpaired) electrons. The van der Waals surface area contributed by atoms with Crippen LogP contribution in [0.5, 0.6) is 0 Å². The number of rotatable bonds is 4. The van der Waals surface area contributed by atoms with Crippen LogP contribution in [0.4, 0.5) is 0 Å². The van der Waals surface area contributed by atoms with Crippen molar-refractivity contribution in [3.05, 3.63) is 38.0 Å². The Kier molecular flexibility index (Phi) is 3.32. The van der Waals surface area contributed by atoms with Crippen molar-refractivity contribution in [3.8, 4) is 10.7 Å². The zero-order valence-corrected chi connectivity index (χ0v) is 12.0. The zero-order valence-electron chi connectivity index (χ0n) is 9.57. The molecule has 3 rings (SSSR count). The third-order valence-corrected chi connectivity index (χ3v) is 4.44. The van der Waals surface area contributed by atoms with Gasteiger partial charge in [-0.1, -0.05) is 0 Å². The number of aromatic amines is 1. The molecule has 0 amide bonds. The molecule has 2 aromatic heterocycles. The second kappa shape index (κ2) is 4.95. The molecule has 0 saturated heterocycles. The Bertz CT molecular complexity index is 618. The average Bonchev–Trinajstić information content (AvgIpc) is 3.07. The van der Waals surface area contributed by atoms with Crippen LogP contribution in [0.25, 0.3) is 10.7 Å². The van der Waals surface area contributed by atoms with E-state index in [-0.39, 0.29) is 5.56 Å². The van der Waals surface area contributed by atoms with Crippen LogP contribution in [-0.4, -0.2) is 16.0 Å². The summed E-state index contributed by atoms with van der Waals surface area (Å²) in [5.41, 5.74) is 0.697. The Morgan fingerprint density at radius 1 is 1.50 bits per heavy atom. The predicted octanol–water partition coefficient (Wildman–Crippen LogP) is 2.51. The van der Waals surface area contributed by atoms with Gasteiger partial charge < -0.3 is 10.3 Å². The second-order valence-corrected chi connectivity index (χ2v) is 6.20. The van der Waals surface area contributed by atoms with E-state index in [9.17, 15) is 4.79 Å². The summed E-state index contributed by atoms with van der Waals surface area (Å²) in [6, 6.07) is 4.13. The summed E-state index contributed by atoms with van der Waals surface area (Å²) >= 11 is 4.96. The van der Waals surface area contributed by atoms with Gasteiger partial charge >= 0.3 is 0 Å². The molecule has 0 bridgehead atoms. The molecule has 2 heterocycles. The third kappa shape index (κ3) is 2.88. The standard InChI is InChI=1S/C12H12BrN3OS/c13-7-3-10(18-6-7)12-15-9(4-11(17)16-12)5-14-8-1-2-8/h3-4,6,8,14H,1-2,5H2,(H,15,16,17). The Morgan fingerprint density at radius 2 is 2.33 bits per heavy atom. The molecule has 1 aliphatic rings. The maximum Gasteiger partial charge on any atom is 0.251 e. The van der Waals surface area contributed by atoms with E-state index < -0.39 is 0 Å². The lowest BCUT2D eigenvalue weighted by atomic mass is 10.3. The number of hydrogen-bond donors (Lipinski definition) is 2. The smallest absolute Gasteiger partial charge is 0.251 e. The maximum atomic E-state index is 11.6. The lowest BCUT2D eigenvalue weighted by molar-refractivity contribution is 0.672. The monoisotopic (exact) mass is 325 g/mol. The van der Waals surface area contributed by atoms with Crippen molar-refractivity contribution < 1.29 is 0 Å². The van der Waals surface area contributed by atoms with Crippen LogP contribution in [0.2, 0.25) is 0 Å². The number of halogens is 1. The first-order chi connectivity index (χ1) is 8.70. The van der Waals surface area contributed by atoms with Crippen molar-refractivity contribution in [2.45, 2.75) is 25.4 Å². The molecule has 94 valence electrons. The van der Waals surface area contributed by atoms with E-state index in [1.165, 1.54) is 12.8 Å². The van der Waals surface area contributed by atoms with Gasteiger partial charge in [0.15, 0.2) is 5.82 Å². The van der Waals surface area contributed by atoms with Gasteiger partial charge in [0.2, 0.25) is 0 Å². The summed E-state index contributed by atoms with van der Waals surface area (Å²) in [6.07, 6.45) is 2.46. The Balaban J connectivity index is 1.87. The van der Waals surface area contributed by atoms with Gasteiger partial charge in [0.1, 0.15) is 0 Å². The minimum Gasteiger partial charge on any atom is -0.308 e. The van der Waals surface area contributed by atoms with Gasteiger partial charge in [-0.05, 0) is 34.8 Å². The summed E-state index contributed by atoms with van der Waals surface area (Å²) in [6.45, 7) is 0.661. The molecule has 0 unspecified atom stereocenters. The quantitative estimate of drug-likeness (QED) is 0.908. The normalized spacial score (nSPS) is 14.9. The summed E-state index contributed by atoms with van der Waals surface area (Å²) in [5, 5.41) is 5.34. The highest BCUT2D eigenvalue weighted by atomic mass is 79.9. The second-order valence-electron chi connectivity index (χ2n) is 4.37. The first-order valence-corrected chi connectivity index (χ1v) is 7.46. The molecule has 1 fully saturated rings. The van der Waals surface area contributed by atoms with Gasteiger partial charge in [0.05, 0.1) is 10.6 Å². The van der Waals surface area contributed by atoms with Crippen LogP contribution in [-0.2, 0) is 6.54 Å². The van der Waals surface area contributed by atoms with E-state index in [0.29, 0.717) is 18.4 Å². The number of aromatic nitrogens is 2. The summed E-state index contributed by atoms with van der Waals surface area (Å²) in [5.74, 6) is 0.644. The molecule has 0 aromatic carbocycles. The number of H-pyrrole nitrogens is 1. The van der Waals surface area contributed by atoms with Crippen molar-refractivity contribution in [1.29, 1.82) is 0 Å². The Labute approximate surface area is 117 Å². The Hall–Kier alpha value is -0.980. The SMILES string of the molecule is O=c1cc(CNC2CC2)nc(-c2cc(Br)cs2)[nH]1. The van der Waals surface area contributed by atoms with Gasteiger partial charge in [0, 0.05) is 28.5 Å². The van der Waals surface area contributed by atoms with E-state index in [1.807, 2.05) is 11.4 Å². The number of thiophene rings is 1. The van der Waals surface area contributed by atoms with Crippen molar-refractivity contribution >= 4 is 27.3 Å². The molecular formula is C12H12BrN3OS. The summed E-state index contributed by atoms with van der Waals surface area (Å²) < 4.78 is 1.01. The van der Waals surface area contributed by atoms with Gasteiger partial charge in [-0.2, -0.15) is 0 Å². The van der Waals surface area contributed by atoms with Crippen molar-refractivity contribution in [2.24, 2.45) is 0 Å². The molecule has 18 heavy (non-hydrogen) atoms. The fourth-order valence-electron chi connectivity index (χ4n) is 1.69. The fraction of sp³-hybridized carbons (Fsp3) is 0.333. The van der Waals surface area contributed by atoms with Gasteiger partial charge in [0.25, 0.3) is 5.56 Å². The number of nitrogens with zero attached hydrogens (tertiary/aromatic N) is 1. The third-order valence-electron chi connectivity index (χ3n) is 2.74. The minimum absolute atomic E-state index is 0.0999. The van der Waals surface area contributed by atoms with Crippen LogP contribution >= 0.6 is 27.3 Å². The largest absolute Gasteiger partial charge is 0.308 e. The van der Waals surface area contributed by atoms with Gasteiger partial charge in [-0.25, -0.2) is 4.98 Å². The van der Waals surface area contributed by atoms with Crippen molar-refractivity contribution in [3.63, 3.8) is 0 Å². The predicted molar refractivity (Wildman–Crippen MR) is 75.7 cm³/mol. The van der Waals surface area contributed by atoms with E-state index in [1.54, 1.807) is 17.4 Å². The summed E-state index contributed by atoms with van der Waals surface area (Å²) in [4.78, 5) is 19.9. The highest BCUT2D eigenvalue weighted by Crippen LogP contribution is 2.27. The molecule has 0 spiro atoms. The van der Waals surface area contributed by atoms with Gasteiger partial charge in [-0.15, -0.1) is 11.3 Å². The van der Waals surface area contributed by atoms with E-state index in [0.717, 1.165) is 15.0 Å². The van der Waals surface area contributed by atoms with Crippen molar-refractivity contribution in [2.75, 3.05) is 0 Å². The number of hydrogen-bond acceptors (Lipinski definition) is 4. The van der Waals surface area contributed by atoms with Crippen LogP contribution in [0.3, 0.4) is 0 Å².